The lowest BCUT2D eigenvalue weighted by Gasteiger charge is -2.20. The fourth-order valence-corrected chi connectivity index (χ4v) is 6.17. The average Bonchev–Trinajstić information content (AvgIpc) is 3.26. The van der Waals surface area contributed by atoms with Gasteiger partial charge in [0.2, 0.25) is 16.0 Å². The second kappa shape index (κ2) is 10.1. The van der Waals surface area contributed by atoms with Gasteiger partial charge in [0.05, 0.1) is 32.7 Å². The Morgan fingerprint density at radius 3 is 2.73 bits per heavy atom. The number of anilines is 2. The minimum Gasteiger partial charge on any atom is -0.357 e. The molecule has 33 heavy (non-hydrogen) atoms. The van der Waals surface area contributed by atoms with E-state index in [0.29, 0.717) is 23.8 Å². The SMILES string of the molecule is CCCS(=O)(=O)Nc1cccc(-c2nc(C3CCNCC3)sc2-c2ccnc(NC)n2)c1F. The molecule has 0 aliphatic carbocycles. The van der Waals surface area contributed by atoms with Crippen LogP contribution in [0.1, 0.15) is 37.1 Å². The Hall–Kier alpha value is -2.63. The molecule has 0 radical (unpaired) electrons. The highest BCUT2D eigenvalue weighted by Crippen LogP contribution is 2.42. The van der Waals surface area contributed by atoms with Crippen LogP contribution in [0.3, 0.4) is 0 Å². The molecule has 1 saturated heterocycles. The fourth-order valence-electron chi connectivity index (χ4n) is 3.82. The van der Waals surface area contributed by atoms with Crippen LogP contribution in [0.25, 0.3) is 21.8 Å². The van der Waals surface area contributed by atoms with Gasteiger partial charge in [-0.3, -0.25) is 4.72 Å². The molecule has 3 N–H and O–H groups in total. The summed E-state index contributed by atoms with van der Waals surface area (Å²) in [5.41, 5.74) is 1.26. The van der Waals surface area contributed by atoms with E-state index in [0.717, 1.165) is 35.8 Å². The zero-order valence-corrected chi connectivity index (χ0v) is 20.2. The third-order valence-corrected chi connectivity index (χ3v) is 8.15. The molecule has 8 nitrogen and oxygen atoms in total. The lowest BCUT2D eigenvalue weighted by atomic mass is 9.99. The standard InChI is InChI=1S/C22H27FN6O2S2/c1-3-13-33(30,31)29-16-6-4-5-15(18(16)23)19-20(17-9-12-26-22(24-2)27-17)32-21(28-19)14-7-10-25-11-8-14/h4-6,9,12,14,25,29H,3,7-8,10-11,13H2,1-2H3,(H,24,26,27). The smallest absolute Gasteiger partial charge is 0.232 e. The summed E-state index contributed by atoms with van der Waals surface area (Å²) in [6.07, 6.45) is 4.00. The van der Waals surface area contributed by atoms with Gasteiger partial charge in [0.15, 0.2) is 5.82 Å². The van der Waals surface area contributed by atoms with Gasteiger partial charge in [0, 0.05) is 24.7 Å². The predicted octanol–water partition coefficient (Wildman–Crippen LogP) is 4.07. The summed E-state index contributed by atoms with van der Waals surface area (Å²) in [7, 11) is -1.90. The zero-order chi connectivity index (χ0) is 23.4. The maximum absolute atomic E-state index is 15.6. The minimum absolute atomic E-state index is 0.0772. The van der Waals surface area contributed by atoms with Crippen molar-refractivity contribution >= 4 is 33.0 Å². The topological polar surface area (TPSA) is 109 Å². The van der Waals surface area contributed by atoms with Crippen molar-refractivity contribution in [2.24, 2.45) is 0 Å². The second-order valence-electron chi connectivity index (χ2n) is 7.86. The van der Waals surface area contributed by atoms with E-state index in [9.17, 15) is 8.42 Å². The van der Waals surface area contributed by atoms with Crippen LogP contribution in [0.4, 0.5) is 16.0 Å². The monoisotopic (exact) mass is 490 g/mol. The predicted molar refractivity (Wildman–Crippen MR) is 131 cm³/mol. The number of rotatable bonds is 8. The average molecular weight is 491 g/mol. The highest BCUT2D eigenvalue weighted by Gasteiger charge is 2.26. The lowest BCUT2D eigenvalue weighted by Crippen LogP contribution is -2.26. The molecule has 176 valence electrons. The first-order valence-electron chi connectivity index (χ1n) is 10.9. The van der Waals surface area contributed by atoms with Crippen molar-refractivity contribution in [3.8, 4) is 21.8 Å². The number of benzene rings is 1. The van der Waals surface area contributed by atoms with Crippen LogP contribution < -0.4 is 15.4 Å². The quantitative estimate of drug-likeness (QED) is 0.437. The molecule has 0 atom stereocenters. The van der Waals surface area contributed by atoms with E-state index >= 15 is 4.39 Å². The molecule has 0 unspecified atom stereocenters. The Morgan fingerprint density at radius 2 is 2.00 bits per heavy atom. The molecule has 3 heterocycles. The van der Waals surface area contributed by atoms with Crippen molar-refractivity contribution in [2.75, 3.05) is 35.9 Å². The van der Waals surface area contributed by atoms with Gasteiger partial charge in [0.1, 0.15) is 0 Å². The van der Waals surface area contributed by atoms with Crippen LogP contribution in [0.15, 0.2) is 30.5 Å². The molecular formula is C22H27FN6O2S2. The highest BCUT2D eigenvalue weighted by atomic mass is 32.2. The molecule has 1 aliphatic heterocycles. The number of thiazole rings is 1. The largest absolute Gasteiger partial charge is 0.357 e. The molecule has 4 rings (SSSR count). The first-order valence-corrected chi connectivity index (χ1v) is 13.4. The summed E-state index contributed by atoms with van der Waals surface area (Å²) in [6.45, 7) is 3.59. The second-order valence-corrected chi connectivity index (χ2v) is 10.7. The summed E-state index contributed by atoms with van der Waals surface area (Å²) in [5, 5.41) is 7.22. The van der Waals surface area contributed by atoms with Crippen molar-refractivity contribution in [2.45, 2.75) is 32.1 Å². The molecule has 0 saturated carbocycles. The van der Waals surface area contributed by atoms with E-state index in [1.807, 2.05) is 0 Å². The molecule has 1 fully saturated rings. The van der Waals surface area contributed by atoms with Gasteiger partial charge in [-0.25, -0.2) is 27.8 Å². The van der Waals surface area contributed by atoms with E-state index < -0.39 is 15.8 Å². The first-order chi connectivity index (χ1) is 15.9. The van der Waals surface area contributed by atoms with Crippen LogP contribution >= 0.6 is 11.3 Å². The molecule has 2 aromatic heterocycles. The van der Waals surface area contributed by atoms with Gasteiger partial charge in [-0.1, -0.05) is 13.0 Å². The number of hydrogen-bond acceptors (Lipinski definition) is 8. The van der Waals surface area contributed by atoms with Crippen LogP contribution in [0.5, 0.6) is 0 Å². The Labute approximate surface area is 197 Å². The van der Waals surface area contributed by atoms with Crippen LogP contribution in [-0.2, 0) is 10.0 Å². The molecule has 1 aromatic carbocycles. The van der Waals surface area contributed by atoms with E-state index in [1.165, 1.54) is 17.4 Å². The van der Waals surface area contributed by atoms with E-state index in [4.69, 9.17) is 4.98 Å². The Morgan fingerprint density at radius 1 is 1.21 bits per heavy atom. The molecule has 1 aliphatic rings. The molecule has 11 heteroatoms. The molecular weight excluding hydrogens is 463 g/mol. The summed E-state index contributed by atoms with van der Waals surface area (Å²) in [6, 6.07) is 6.46. The van der Waals surface area contributed by atoms with Crippen molar-refractivity contribution in [1.29, 1.82) is 0 Å². The lowest BCUT2D eigenvalue weighted by molar-refractivity contribution is 0.459. The Bertz CT molecular complexity index is 1230. The minimum atomic E-state index is -3.63. The number of nitrogens with zero attached hydrogens (tertiary/aromatic N) is 3. The van der Waals surface area contributed by atoms with E-state index in [2.05, 4.69) is 25.3 Å². The summed E-state index contributed by atoms with van der Waals surface area (Å²) < 4.78 is 42.5. The maximum atomic E-state index is 15.6. The van der Waals surface area contributed by atoms with Gasteiger partial charge in [0.25, 0.3) is 0 Å². The first kappa shape index (κ1) is 23.5. The number of hydrogen-bond donors (Lipinski definition) is 3. The number of sulfonamides is 1. The van der Waals surface area contributed by atoms with E-state index in [-0.39, 0.29) is 22.9 Å². The number of piperidine rings is 1. The number of aromatic nitrogens is 3. The third-order valence-electron chi connectivity index (χ3n) is 5.44. The third kappa shape index (κ3) is 5.31. The van der Waals surface area contributed by atoms with Crippen LogP contribution in [-0.4, -0.2) is 49.3 Å². The van der Waals surface area contributed by atoms with Crippen molar-refractivity contribution in [3.05, 3.63) is 41.3 Å². The van der Waals surface area contributed by atoms with Crippen molar-refractivity contribution in [1.82, 2.24) is 20.3 Å². The summed E-state index contributed by atoms with van der Waals surface area (Å²) in [5.74, 6) is 0.00983. The molecule has 0 amide bonds. The van der Waals surface area contributed by atoms with Gasteiger partial charge < -0.3 is 10.6 Å². The van der Waals surface area contributed by atoms with Gasteiger partial charge in [-0.05, 0) is 50.6 Å². The maximum Gasteiger partial charge on any atom is 0.232 e. The summed E-state index contributed by atoms with van der Waals surface area (Å²) >= 11 is 1.51. The van der Waals surface area contributed by atoms with Gasteiger partial charge in [-0.15, -0.1) is 11.3 Å². The van der Waals surface area contributed by atoms with E-state index in [1.54, 1.807) is 38.4 Å². The van der Waals surface area contributed by atoms with Crippen molar-refractivity contribution < 1.29 is 12.8 Å². The summed E-state index contributed by atoms with van der Waals surface area (Å²) in [4.78, 5) is 14.3. The van der Waals surface area contributed by atoms with Gasteiger partial charge in [-0.2, -0.15) is 0 Å². The zero-order valence-electron chi connectivity index (χ0n) is 18.6. The van der Waals surface area contributed by atoms with Crippen LogP contribution in [0, 0.1) is 5.82 Å². The fraction of sp³-hybridized carbons (Fsp3) is 0.409. The molecule has 0 spiro atoms. The Balaban J connectivity index is 1.82. The van der Waals surface area contributed by atoms with Gasteiger partial charge >= 0.3 is 0 Å². The number of nitrogens with one attached hydrogen (secondary N) is 3. The van der Waals surface area contributed by atoms with Crippen molar-refractivity contribution in [3.63, 3.8) is 0 Å². The van der Waals surface area contributed by atoms with Crippen LogP contribution in [0.2, 0.25) is 0 Å². The Kier molecular flexibility index (Phi) is 7.20. The molecule has 0 bridgehead atoms. The normalized spacial score (nSPS) is 14.9. The number of halogens is 1. The highest BCUT2D eigenvalue weighted by molar-refractivity contribution is 7.92. The molecule has 3 aromatic rings.